The van der Waals surface area contributed by atoms with Crippen LogP contribution in [0.3, 0.4) is 0 Å². The van der Waals surface area contributed by atoms with Crippen LogP contribution in [0.1, 0.15) is 67.1 Å². The molecule has 2 saturated carbocycles. The van der Waals surface area contributed by atoms with Crippen molar-refractivity contribution in [3.05, 3.63) is 115 Å². The van der Waals surface area contributed by atoms with Crippen LogP contribution >= 0.6 is 62.3 Å². The van der Waals surface area contributed by atoms with Gasteiger partial charge in [0.05, 0.1) is 52.0 Å². The summed E-state index contributed by atoms with van der Waals surface area (Å²) in [5.41, 5.74) is 2.30. The zero-order valence-corrected chi connectivity index (χ0v) is 33.1. The number of methoxy groups -OCH3 is 2. The van der Waals surface area contributed by atoms with Crippen molar-refractivity contribution in [1.82, 2.24) is 0 Å². The lowest BCUT2D eigenvalue weighted by Crippen LogP contribution is -2.12. The highest BCUT2D eigenvalue weighted by Crippen LogP contribution is 2.37. The molecule has 0 unspecified atom stereocenters. The van der Waals surface area contributed by atoms with Crippen molar-refractivity contribution in [2.45, 2.75) is 25.7 Å². The van der Waals surface area contributed by atoms with Gasteiger partial charge in [-0.25, -0.2) is 9.59 Å². The quantitative estimate of drug-likeness (QED) is 0.106. The highest BCUT2D eigenvalue weighted by molar-refractivity contribution is 9.09. The number of halogens is 5. The highest BCUT2D eigenvalue weighted by Gasteiger charge is 2.24. The van der Waals surface area contributed by atoms with Crippen LogP contribution in [-0.2, 0) is 9.47 Å². The van der Waals surface area contributed by atoms with Crippen molar-refractivity contribution < 1.29 is 38.5 Å². The number of hydrogen-bond donors (Lipinski definition) is 3. The molecule has 4 aromatic carbocycles. The topological polar surface area (TPSA) is 140 Å². The number of phenols is 1. The summed E-state index contributed by atoms with van der Waals surface area (Å²) in [6.07, 6.45) is 5.24. The van der Waals surface area contributed by atoms with Gasteiger partial charge < -0.3 is 30.0 Å². The molecule has 53 heavy (non-hydrogen) atoms. The maximum Gasteiger partial charge on any atom is 0.337 e. The van der Waals surface area contributed by atoms with Crippen LogP contribution in [0, 0.1) is 11.8 Å². The number of benzene rings is 4. The van der Waals surface area contributed by atoms with Crippen LogP contribution in [0.4, 0.5) is 11.4 Å². The molecular formula is C38H35BrCl4N2O8. The molecule has 2 aliphatic carbocycles. The molecule has 280 valence electrons. The fourth-order valence-corrected chi connectivity index (χ4v) is 6.04. The van der Waals surface area contributed by atoms with Crippen molar-refractivity contribution in [2.75, 3.05) is 36.8 Å². The van der Waals surface area contributed by atoms with Gasteiger partial charge in [0.25, 0.3) is 11.8 Å². The number of hydrogen-bond acceptors (Lipinski definition) is 8. The zero-order chi connectivity index (χ0) is 38.7. The van der Waals surface area contributed by atoms with Crippen LogP contribution in [0.15, 0.2) is 72.8 Å². The number of aromatic hydroxyl groups is 1. The third-order valence-electron chi connectivity index (χ3n) is 7.74. The van der Waals surface area contributed by atoms with E-state index in [4.69, 9.17) is 51.1 Å². The van der Waals surface area contributed by atoms with Crippen molar-refractivity contribution in [3.8, 4) is 11.5 Å². The van der Waals surface area contributed by atoms with Crippen LogP contribution < -0.4 is 15.4 Å². The predicted molar refractivity (Wildman–Crippen MR) is 211 cm³/mol. The van der Waals surface area contributed by atoms with Gasteiger partial charge in [-0.3, -0.25) is 9.59 Å². The monoisotopic (exact) mass is 866 g/mol. The van der Waals surface area contributed by atoms with E-state index >= 15 is 0 Å². The number of nitrogens with one attached hydrogen (secondary N) is 2. The second-order valence-electron chi connectivity index (χ2n) is 12.0. The van der Waals surface area contributed by atoms with E-state index in [1.165, 1.54) is 68.8 Å². The first-order chi connectivity index (χ1) is 25.3. The van der Waals surface area contributed by atoms with Gasteiger partial charge in [0, 0.05) is 27.8 Å². The molecule has 4 aromatic rings. The SMILES string of the molecule is BrCC1CC1.COC(=O)c1ccc(NC(=O)c2cc(Cl)c(O)c(Cl)c2)cc1.COC(=O)c1ccc(NC(=O)c2cc(Cl)c(OCC3CC3)c(Cl)c2)cc1. The maximum atomic E-state index is 12.4. The molecule has 0 spiro atoms. The normalized spacial score (nSPS) is 12.9. The van der Waals surface area contributed by atoms with Gasteiger partial charge >= 0.3 is 11.9 Å². The minimum atomic E-state index is -0.463. The van der Waals surface area contributed by atoms with Gasteiger partial charge in [0.1, 0.15) is 0 Å². The second-order valence-corrected chi connectivity index (χ2v) is 14.2. The predicted octanol–water partition coefficient (Wildman–Crippen LogP) is 10.4. The molecule has 2 fully saturated rings. The van der Waals surface area contributed by atoms with E-state index in [1.54, 1.807) is 36.4 Å². The van der Waals surface area contributed by atoms with E-state index in [0.29, 0.717) is 56.4 Å². The molecule has 3 N–H and O–H groups in total. The number of anilines is 2. The Bertz CT molecular complexity index is 1890. The molecule has 0 atom stereocenters. The summed E-state index contributed by atoms with van der Waals surface area (Å²) in [7, 11) is 2.60. The Morgan fingerprint density at radius 3 is 1.34 bits per heavy atom. The summed E-state index contributed by atoms with van der Waals surface area (Å²) in [6.45, 7) is 0.581. The van der Waals surface area contributed by atoms with Gasteiger partial charge in [0.2, 0.25) is 0 Å². The van der Waals surface area contributed by atoms with Crippen LogP contribution in [0.2, 0.25) is 20.1 Å². The lowest BCUT2D eigenvalue weighted by molar-refractivity contribution is 0.0592. The summed E-state index contributed by atoms with van der Waals surface area (Å²) >= 11 is 27.4. The number of esters is 2. The second kappa shape index (κ2) is 19.9. The molecule has 2 aliphatic rings. The first-order valence-corrected chi connectivity index (χ1v) is 18.8. The van der Waals surface area contributed by atoms with Gasteiger partial charge in [0.15, 0.2) is 11.5 Å². The summed E-state index contributed by atoms with van der Waals surface area (Å²) in [5.74, 6) is 0.0239. The molecule has 15 heteroatoms. The third kappa shape index (κ3) is 12.8. The molecule has 2 amide bonds. The van der Waals surface area contributed by atoms with Crippen LogP contribution in [0.5, 0.6) is 11.5 Å². The Labute approximate surface area is 335 Å². The van der Waals surface area contributed by atoms with Gasteiger partial charge in [-0.15, -0.1) is 0 Å². The molecule has 0 saturated heterocycles. The molecule has 0 aliphatic heterocycles. The summed E-state index contributed by atoms with van der Waals surface area (Å²) < 4.78 is 14.9. The number of rotatable bonds is 10. The number of amides is 2. The fourth-order valence-electron chi connectivity index (χ4n) is 4.30. The van der Waals surface area contributed by atoms with Crippen molar-refractivity contribution in [1.29, 1.82) is 0 Å². The zero-order valence-electron chi connectivity index (χ0n) is 28.5. The van der Waals surface area contributed by atoms with E-state index < -0.39 is 17.8 Å². The average Bonchev–Trinajstić information content (AvgIpc) is 4.10. The van der Waals surface area contributed by atoms with Gasteiger partial charge in [-0.05, 0) is 110 Å². The third-order valence-corrected chi connectivity index (χ3v) is 9.80. The van der Waals surface area contributed by atoms with Gasteiger partial charge in [-0.1, -0.05) is 62.3 Å². The number of carbonyl (C=O) groups excluding carboxylic acids is 4. The molecule has 0 heterocycles. The van der Waals surface area contributed by atoms with Gasteiger partial charge in [-0.2, -0.15) is 0 Å². The minimum absolute atomic E-state index is 0.0151. The number of carbonyl (C=O) groups is 4. The molecular weight excluding hydrogens is 834 g/mol. The lowest BCUT2D eigenvalue weighted by Gasteiger charge is -2.12. The standard InChI is InChI=1S/C19H17Cl2NO4.C15H11Cl2NO4.C4H7Br/c1-25-19(24)12-4-6-14(7-5-12)22-18(23)13-8-15(20)17(16(21)9-13)26-10-11-2-3-11;1-22-15(21)8-2-4-10(5-3-8)18-14(20)9-6-11(16)13(19)12(17)7-9;5-3-4-1-2-4/h4-9,11H,2-3,10H2,1H3,(H,22,23);2-7,19H,1H3,(H,18,20);4H,1-3H2. The highest BCUT2D eigenvalue weighted by atomic mass is 79.9. The maximum absolute atomic E-state index is 12.4. The molecule has 10 nitrogen and oxygen atoms in total. The molecule has 0 bridgehead atoms. The summed E-state index contributed by atoms with van der Waals surface area (Å²) in [4.78, 5) is 47.3. The van der Waals surface area contributed by atoms with E-state index in [-0.39, 0.29) is 27.3 Å². The Balaban J connectivity index is 0.000000211. The molecule has 0 radical (unpaired) electrons. The van der Waals surface area contributed by atoms with E-state index in [1.807, 2.05) is 0 Å². The number of alkyl halides is 1. The first-order valence-electron chi connectivity index (χ1n) is 16.2. The molecule has 0 aromatic heterocycles. The smallest absolute Gasteiger partial charge is 0.337 e. The van der Waals surface area contributed by atoms with Crippen LogP contribution in [-0.4, -0.2) is 55.0 Å². The van der Waals surface area contributed by atoms with E-state index in [2.05, 4.69) is 36.0 Å². The summed E-state index contributed by atoms with van der Waals surface area (Å²) in [5, 5.41) is 16.6. The molecule has 6 rings (SSSR count). The Hall–Kier alpha value is -4.00. The number of phenolic OH excluding ortho intramolecular Hbond substituents is 1. The van der Waals surface area contributed by atoms with Crippen molar-refractivity contribution in [2.24, 2.45) is 11.8 Å². The Morgan fingerprint density at radius 2 is 1.02 bits per heavy atom. The first kappa shape index (κ1) is 41.8. The van der Waals surface area contributed by atoms with Crippen molar-refractivity contribution >= 4 is 97.5 Å². The largest absolute Gasteiger partial charge is 0.505 e. The van der Waals surface area contributed by atoms with E-state index in [0.717, 1.165) is 18.8 Å². The van der Waals surface area contributed by atoms with Crippen molar-refractivity contribution in [3.63, 3.8) is 0 Å². The fraction of sp³-hybridized carbons (Fsp3) is 0.263. The number of ether oxygens (including phenoxy) is 3. The summed E-state index contributed by atoms with van der Waals surface area (Å²) in [6, 6.07) is 18.2. The van der Waals surface area contributed by atoms with Crippen LogP contribution in [0.25, 0.3) is 0 Å². The Morgan fingerprint density at radius 1 is 0.642 bits per heavy atom. The van der Waals surface area contributed by atoms with E-state index in [9.17, 15) is 24.3 Å². The Kier molecular flexibility index (Phi) is 15.7. The lowest BCUT2D eigenvalue weighted by atomic mass is 10.1. The average molecular weight is 869 g/mol. The minimum Gasteiger partial charge on any atom is -0.505 e.